The Kier molecular flexibility index (Phi) is 7.19. The molecule has 0 amide bonds. The summed E-state index contributed by atoms with van der Waals surface area (Å²) in [6.07, 6.45) is 3.89. The number of fused-ring (bicyclic) bond motifs is 3. The second-order valence-corrected chi connectivity index (χ2v) is 10.8. The van der Waals surface area contributed by atoms with Crippen molar-refractivity contribution < 1.29 is 9.47 Å². The van der Waals surface area contributed by atoms with Crippen LogP contribution in [0.1, 0.15) is 61.6 Å². The largest absolute Gasteiger partial charge is 0.494 e. The number of hydrazone groups is 1. The number of ether oxygens (including phenoxy) is 2. The molecule has 0 unspecified atom stereocenters. The molecular formula is C27H25Br2ClN2O2. The second-order valence-electron chi connectivity index (χ2n) is 8.55. The predicted molar refractivity (Wildman–Crippen MR) is 144 cm³/mol. The summed E-state index contributed by atoms with van der Waals surface area (Å²) in [6, 6.07) is 20.3. The molecule has 0 aromatic heterocycles. The Bertz CT molecular complexity index is 1200. The zero-order chi connectivity index (χ0) is 23.7. The molecule has 0 aliphatic carbocycles. The average Bonchev–Trinajstić information content (AvgIpc) is 3.28. The molecule has 0 saturated carbocycles. The molecule has 2 heterocycles. The summed E-state index contributed by atoms with van der Waals surface area (Å²) in [5, 5.41) is 7.84. The highest BCUT2D eigenvalue weighted by Gasteiger charge is 2.42. The van der Waals surface area contributed by atoms with Gasteiger partial charge in [0, 0.05) is 27.0 Å². The lowest BCUT2D eigenvalue weighted by molar-refractivity contribution is -0.0197. The first-order chi connectivity index (χ1) is 16.5. The van der Waals surface area contributed by atoms with Crippen LogP contribution in [0.15, 0.2) is 74.7 Å². The van der Waals surface area contributed by atoms with Gasteiger partial charge >= 0.3 is 0 Å². The van der Waals surface area contributed by atoms with Gasteiger partial charge in [0.15, 0.2) is 0 Å². The standard InChI is InChI=1S/C27H25Br2ClN2O2/c1-2-3-4-13-33-21-11-7-18(8-12-21)27-32-25(22-14-19(28)15-23(29)26(22)34-27)16-24(31-32)17-5-9-20(30)10-6-17/h5-12,14-15,25,27H,2-4,13,16H2,1H3/t25-,27+/m1/s1. The Morgan fingerprint density at radius 2 is 1.82 bits per heavy atom. The first kappa shape index (κ1) is 23.7. The summed E-state index contributed by atoms with van der Waals surface area (Å²) >= 11 is 13.5. The number of rotatable bonds is 7. The SMILES string of the molecule is CCCCCOc1ccc([C@@H]2Oc3c(Br)cc(Br)cc3[C@H]3CC(c4ccc(Cl)cc4)=NN32)cc1. The van der Waals surface area contributed by atoms with E-state index in [1.165, 1.54) is 12.8 Å². The molecule has 7 heteroatoms. The predicted octanol–water partition coefficient (Wildman–Crippen LogP) is 8.68. The molecule has 4 nitrogen and oxygen atoms in total. The lowest BCUT2D eigenvalue weighted by atomic mass is 9.96. The van der Waals surface area contributed by atoms with Crippen molar-refractivity contribution in [2.24, 2.45) is 5.10 Å². The van der Waals surface area contributed by atoms with Gasteiger partial charge in [-0.2, -0.15) is 5.10 Å². The van der Waals surface area contributed by atoms with Gasteiger partial charge in [-0.15, -0.1) is 0 Å². The Hall–Kier alpha value is -2.02. The van der Waals surface area contributed by atoms with Gasteiger partial charge in [0.05, 0.1) is 22.8 Å². The van der Waals surface area contributed by atoms with Gasteiger partial charge in [0.1, 0.15) is 11.5 Å². The highest BCUT2D eigenvalue weighted by Crippen LogP contribution is 2.51. The van der Waals surface area contributed by atoms with Crippen LogP contribution in [0.5, 0.6) is 11.5 Å². The van der Waals surface area contributed by atoms with Gasteiger partial charge in [0.2, 0.25) is 6.23 Å². The van der Waals surface area contributed by atoms with Crippen LogP contribution in [-0.4, -0.2) is 17.3 Å². The van der Waals surface area contributed by atoms with E-state index in [1.54, 1.807) is 0 Å². The Morgan fingerprint density at radius 3 is 2.56 bits per heavy atom. The Labute approximate surface area is 222 Å². The van der Waals surface area contributed by atoms with Crippen molar-refractivity contribution in [1.29, 1.82) is 0 Å². The van der Waals surface area contributed by atoms with Crippen LogP contribution in [0.25, 0.3) is 0 Å². The molecule has 5 rings (SSSR count). The minimum Gasteiger partial charge on any atom is -0.494 e. The monoisotopic (exact) mass is 602 g/mol. The molecule has 0 bridgehead atoms. The number of nitrogens with zero attached hydrogens (tertiary/aromatic N) is 2. The summed E-state index contributed by atoms with van der Waals surface area (Å²) < 4.78 is 14.4. The Morgan fingerprint density at radius 1 is 1.06 bits per heavy atom. The third kappa shape index (κ3) is 4.86. The van der Waals surface area contributed by atoms with Gasteiger partial charge in [-0.25, -0.2) is 5.01 Å². The van der Waals surface area contributed by atoms with E-state index in [1.807, 2.05) is 42.5 Å². The van der Waals surface area contributed by atoms with E-state index in [4.69, 9.17) is 26.2 Å². The van der Waals surface area contributed by atoms with E-state index in [0.29, 0.717) is 0 Å². The van der Waals surface area contributed by atoms with Crippen molar-refractivity contribution in [1.82, 2.24) is 5.01 Å². The molecule has 3 aromatic rings. The quantitative estimate of drug-likeness (QED) is 0.253. The van der Waals surface area contributed by atoms with Crippen LogP contribution in [0.3, 0.4) is 0 Å². The second kappa shape index (κ2) is 10.3. The van der Waals surface area contributed by atoms with Crippen molar-refractivity contribution in [2.75, 3.05) is 6.61 Å². The number of hydrogen-bond donors (Lipinski definition) is 0. The van der Waals surface area contributed by atoms with Gasteiger partial charge in [-0.05, 0) is 76.4 Å². The van der Waals surface area contributed by atoms with Crippen LogP contribution in [0.2, 0.25) is 5.02 Å². The van der Waals surface area contributed by atoms with Crippen LogP contribution >= 0.6 is 43.5 Å². The molecule has 0 N–H and O–H groups in total. The van der Waals surface area contributed by atoms with Crippen LogP contribution in [-0.2, 0) is 0 Å². The minimum absolute atomic E-state index is 0.0678. The van der Waals surface area contributed by atoms with Crippen LogP contribution in [0.4, 0.5) is 0 Å². The summed E-state index contributed by atoms with van der Waals surface area (Å²) in [5.74, 6) is 1.74. The Balaban J connectivity index is 1.47. The molecule has 2 aliphatic heterocycles. The first-order valence-electron chi connectivity index (χ1n) is 11.5. The fourth-order valence-corrected chi connectivity index (χ4v) is 5.90. The first-order valence-corrected chi connectivity index (χ1v) is 13.5. The van der Waals surface area contributed by atoms with E-state index in [-0.39, 0.29) is 12.3 Å². The van der Waals surface area contributed by atoms with Crippen molar-refractivity contribution in [3.63, 3.8) is 0 Å². The lowest BCUT2D eigenvalue weighted by Gasteiger charge is -2.38. The van der Waals surface area contributed by atoms with Crippen LogP contribution < -0.4 is 9.47 Å². The zero-order valence-corrected chi connectivity index (χ0v) is 22.7. The number of halogens is 3. The minimum atomic E-state index is -0.339. The number of benzene rings is 3. The topological polar surface area (TPSA) is 34.1 Å². The van der Waals surface area contributed by atoms with E-state index in [0.717, 1.165) is 67.3 Å². The van der Waals surface area contributed by atoms with Gasteiger partial charge in [0.25, 0.3) is 0 Å². The number of hydrogen-bond acceptors (Lipinski definition) is 4. The molecule has 0 saturated heterocycles. The molecule has 3 aromatic carbocycles. The highest BCUT2D eigenvalue weighted by atomic mass is 79.9. The van der Waals surface area contributed by atoms with Gasteiger partial charge in [-0.1, -0.05) is 59.4 Å². The van der Waals surface area contributed by atoms with E-state index < -0.39 is 0 Å². The van der Waals surface area contributed by atoms with Crippen molar-refractivity contribution in [3.8, 4) is 11.5 Å². The van der Waals surface area contributed by atoms with E-state index in [2.05, 4.69) is 62.0 Å². The van der Waals surface area contributed by atoms with E-state index in [9.17, 15) is 0 Å². The van der Waals surface area contributed by atoms with Crippen molar-refractivity contribution in [2.45, 2.75) is 44.9 Å². The maximum Gasteiger partial charge on any atom is 0.213 e. The van der Waals surface area contributed by atoms with Crippen molar-refractivity contribution >= 4 is 49.2 Å². The summed E-state index contributed by atoms with van der Waals surface area (Å²) in [7, 11) is 0. The normalized spacial score (nSPS) is 18.7. The maximum absolute atomic E-state index is 6.56. The molecule has 2 aliphatic rings. The zero-order valence-electron chi connectivity index (χ0n) is 18.8. The fraction of sp³-hybridized carbons (Fsp3) is 0.296. The highest BCUT2D eigenvalue weighted by molar-refractivity contribution is 9.11. The molecule has 0 spiro atoms. The van der Waals surface area contributed by atoms with E-state index >= 15 is 0 Å². The molecule has 34 heavy (non-hydrogen) atoms. The summed E-state index contributed by atoms with van der Waals surface area (Å²) in [6.45, 7) is 2.94. The smallest absolute Gasteiger partial charge is 0.213 e. The molecule has 0 radical (unpaired) electrons. The third-order valence-corrected chi connectivity index (χ3v) is 7.47. The lowest BCUT2D eigenvalue weighted by Crippen LogP contribution is -2.33. The van der Waals surface area contributed by atoms with Crippen molar-refractivity contribution in [3.05, 3.63) is 91.3 Å². The summed E-state index contributed by atoms with van der Waals surface area (Å²) in [5.41, 5.74) is 4.24. The molecular weight excluding hydrogens is 580 g/mol. The molecule has 0 fully saturated rings. The van der Waals surface area contributed by atoms with Crippen LogP contribution in [0, 0.1) is 0 Å². The van der Waals surface area contributed by atoms with Gasteiger partial charge < -0.3 is 9.47 Å². The number of unbranched alkanes of at least 4 members (excludes halogenated alkanes) is 2. The fourth-order valence-electron chi connectivity index (χ4n) is 4.42. The average molecular weight is 605 g/mol. The maximum atomic E-state index is 6.56. The summed E-state index contributed by atoms with van der Waals surface area (Å²) in [4.78, 5) is 0. The molecule has 2 atom stereocenters. The third-order valence-electron chi connectivity index (χ3n) is 6.17. The molecule has 176 valence electrons. The van der Waals surface area contributed by atoms with Gasteiger partial charge in [-0.3, -0.25) is 0 Å².